The van der Waals surface area contributed by atoms with Gasteiger partial charge in [0.1, 0.15) is 5.70 Å². The second kappa shape index (κ2) is 5.71. The highest BCUT2D eigenvalue weighted by molar-refractivity contribution is 7.80. The van der Waals surface area contributed by atoms with Crippen molar-refractivity contribution in [3.63, 3.8) is 0 Å². The van der Waals surface area contributed by atoms with E-state index in [9.17, 15) is 4.79 Å². The van der Waals surface area contributed by atoms with Gasteiger partial charge in [0, 0.05) is 5.56 Å². The molecule has 5 nitrogen and oxygen atoms in total. The molecule has 0 aromatic heterocycles. The molecule has 1 heterocycles. The van der Waals surface area contributed by atoms with E-state index >= 15 is 0 Å². The number of para-hydroxylation sites is 1. The van der Waals surface area contributed by atoms with E-state index in [0.717, 1.165) is 5.56 Å². The minimum absolute atomic E-state index is 0.256. The Morgan fingerprint density at radius 3 is 2.74 bits per heavy atom. The average molecular weight is 278 g/mol. The molecular weight excluding hydrogens is 264 g/mol. The van der Waals surface area contributed by atoms with Gasteiger partial charge in [-0.15, -0.1) is 0 Å². The van der Waals surface area contributed by atoms with Gasteiger partial charge in [-0.3, -0.25) is 10.1 Å². The van der Waals surface area contributed by atoms with Crippen molar-refractivity contribution in [1.82, 2.24) is 10.6 Å². The highest BCUT2D eigenvalue weighted by atomic mass is 32.1. The highest BCUT2D eigenvalue weighted by Crippen LogP contribution is 2.32. The van der Waals surface area contributed by atoms with Crippen LogP contribution in [-0.2, 0) is 4.79 Å². The van der Waals surface area contributed by atoms with Gasteiger partial charge in [0.05, 0.1) is 13.7 Å². The summed E-state index contributed by atoms with van der Waals surface area (Å²) < 4.78 is 10.8. The van der Waals surface area contributed by atoms with Crippen LogP contribution in [0.15, 0.2) is 23.9 Å². The number of rotatable bonds is 4. The van der Waals surface area contributed by atoms with Gasteiger partial charge in [0.15, 0.2) is 16.6 Å². The molecule has 2 N–H and O–H groups in total. The van der Waals surface area contributed by atoms with Crippen molar-refractivity contribution in [3.05, 3.63) is 29.5 Å². The molecule has 19 heavy (non-hydrogen) atoms. The van der Waals surface area contributed by atoms with E-state index in [2.05, 4.69) is 10.6 Å². The molecule has 0 unspecified atom stereocenters. The zero-order chi connectivity index (χ0) is 13.8. The molecule has 1 saturated heterocycles. The zero-order valence-corrected chi connectivity index (χ0v) is 11.5. The van der Waals surface area contributed by atoms with Gasteiger partial charge in [0.25, 0.3) is 5.91 Å². The van der Waals surface area contributed by atoms with Crippen LogP contribution in [0.25, 0.3) is 6.08 Å². The topological polar surface area (TPSA) is 59.6 Å². The molecule has 1 aliphatic heterocycles. The van der Waals surface area contributed by atoms with Crippen LogP contribution in [0, 0.1) is 0 Å². The summed E-state index contributed by atoms with van der Waals surface area (Å²) in [6.07, 6.45) is 1.68. The van der Waals surface area contributed by atoms with Gasteiger partial charge in [0.2, 0.25) is 0 Å². The molecule has 6 heteroatoms. The molecule has 0 atom stereocenters. The summed E-state index contributed by atoms with van der Waals surface area (Å²) >= 11 is 4.88. The van der Waals surface area contributed by atoms with Crippen LogP contribution in [0.4, 0.5) is 0 Å². The Balaban J connectivity index is 2.40. The van der Waals surface area contributed by atoms with E-state index in [1.54, 1.807) is 13.2 Å². The molecule has 100 valence electrons. The summed E-state index contributed by atoms with van der Waals surface area (Å²) in [6, 6.07) is 5.49. The van der Waals surface area contributed by atoms with Crippen molar-refractivity contribution in [2.24, 2.45) is 0 Å². The number of ether oxygens (including phenoxy) is 2. The van der Waals surface area contributed by atoms with Crippen LogP contribution < -0.4 is 20.1 Å². The van der Waals surface area contributed by atoms with E-state index in [0.29, 0.717) is 28.9 Å². The first kappa shape index (κ1) is 13.4. The van der Waals surface area contributed by atoms with Crippen molar-refractivity contribution >= 4 is 29.3 Å². The van der Waals surface area contributed by atoms with Crippen molar-refractivity contribution < 1.29 is 14.3 Å². The zero-order valence-electron chi connectivity index (χ0n) is 10.6. The van der Waals surface area contributed by atoms with Crippen LogP contribution in [-0.4, -0.2) is 24.7 Å². The van der Waals surface area contributed by atoms with Gasteiger partial charge in [-0.1, -0.05) is 12.1 Å². The number of hydrogen-bond donors (Lipinski definition) is 2. The first-order chi connectivity index (χ1) is 9.15. The second-order valence-corrected chi connectivity index (χ2v) is 4.19. The molecular formula is C13H14N2O3S. The minimum Gasteiger partial charge on any atom is -0.492 e. The lowest BCUT2D eigenvalue weighted by molar-refractivity contribution is -0.115. The summed E-state index contributed by atoms with van der Waals surface area (Å²) in [6.45, 7) is 2.44. The van der Waals surface area contributed by atoms with Crippen molar-refractivity contribution in [3.8, 4) is 11.5 Å². The maximum Gasteiger partial charge on any atom is 0.273 e. The summed E-state index contributed by atoms with van der Waals surface area (Å²) in [4.78, 5) is 11.6. The normalized spacial score (nSPS) is 16.2. The van der Waals surface area contributed by atoms with E-state index in [4.69, 9.17) is 21.7 Å². The monoisotopic (exact) mass is 278 g/mol. The predicted molar refractivity (Wildman–Crippen MR) is 76.0 cm³/mol. The number of nitrogens with one attached hydrogen (secondary N) is 2. The third-order valence-electron chi connectivity index (χ3n) is 2.53. The fraction of sp³-hybridized carbons (Fsp3) is 0.231. The lowest BCUT2D eigenvalue weighted by atomic mass is 10.1. The van der Waals surface area contributed by atoms with Crippen LogP contribution in [0.2, 0.25) is 0 Å². The van der Waals surface area contributed by atoms with Crippen LogP contribution in [0.5, 0.6) is 11.5 Å². The lowest BCUT2D eigenvalue weighted by Crippen LogP contribution is -2.21. The van der Waals surface area contributed by atoms with Gasteiger partial charge in [-0.05, 0) is 31.3 Å². The largest absolute Gasteiger partial charge is 0.492 e. The van der Waals surface area contributed by atoms with Crippen molar-refractivity contribution in [1.29, 1.82) is 0 Å². The quantitative estimate of drug-likeness (QED) is 0.644. The number of carbonyl (C=O) groups is 1. The fourth-order valence-electron chi connectivity index (χ4n) is 1.77. The lowest BCUT2D eigenvalue weighted by Gasteiger charge is -2.11. The van der Waals surface area contributed by atoms with Crippen LogP contribution in [0.1, 0.15) is 12.5 Å². The first-order valence-electron chi connectivity index (χ1n) is 5.79. The Kier molecular flexibility index (Phi) is 4.01. The first-order valence-corrected chi connectivity index (χ1v) is 6.20. The maximum atomic E-state index is 11.6. The predicted octanol–water partition coefficient (Wildman–Crippen LogP) is 1.44. The number of hydrogen-bond acceptors (Lipinski definition) is 4. The molecule has 1 aromatic rings. The van der Waals surface area contributed by atoms with Crippen LogP contribution in [0.3, 0.4) is 0 Å². The average Bonchev–Trinajstić information content (AvgIpc) is 2.69. The smallest absolute Gasteiger partial charge is 0.273 e. The molecule has 0 spiro atoms. The molecule has 0 saturated carbocycles. The van der Waals surface area contributed by atoms with Gasteiger partial charge < -0.3 is 14.8 Å². The number of carbonyl (C=O) groups excluding carboxylic acids is 1. The Morgan fingerprint density at radius 1 is 1.37 bits per heavy atom. The van der Waals surface area contributed by atoms with Gasteiger partial charge in [-0.2, -0.15) is 0 Å². The SMILES string of the molecule is CCOc1cccc(/C=C2\NC(=S)NC2=O)c1OC. The molecule has 1 aromatic carbocycles. The Labute approximate surface area is 116 Å². The van der Waals surface area contributed by atoms with Crippen molar-refractivity contribution in [2.75, 3.05) is 13.7 Å². The van der Waals surface area contributed by atoms with Gasteiger partial charge >= 0.3 is 0 Å². The van der Waals surface area contributed by atoms with E-state index in [1.807, 2.05) is 25.1 Å². The summed E-state index contributed by atoms with van der Waals surface area (Å²) in [5, 5.41) is 5.60. The van der Waals surface area contributed by atoms with E-state index in [1.165, 1.54) is 0 Å². The molecule has 0 radical (unpaired) electrons. The molecule has 1 amide bonds. The summed E-state index contributed by atoms with van der Waals surface area (Å²) in [5.74, 6) is 0.971. The molecule has 1 fully saturated rings. The number of benzene rings is 1. The second-order valence-electron chi connectivity index (χ2n) is 3.78. The van der Waals surface area contributed by atoms with E-state index < -0.39 is 0 Å². The van der Waals surface area contributed by atoms with Gasteiger partial charge in [-0.25, -0.2) is 0 Å². The Bertz CT molecular complexity index is 555. The molecule has 1 aliphatic rings. The summed E-state index contributed by atoms with van der Waals surface area (Å²) in [5.41, 5.74) is 1.13. The number of thiocarbonyl (C=S) groups is 1. The Morgan fingerprint density at radius 2 is 2.16 bits per heavy atom. The third kappa shape index (κ3) is 2.85. The molecule has 2 rings (SSSR count). The third-order valence-corrected chi connectivity index (χ3v) is 2.74. The van der Waals surface area contributed by atoms with Crippen molar-refractivity contribution in [2.45, 2.75) is 6.92 Å². The van der Waals surface area contributed by atoms with E-state index in [-0.39, 0.29) is 5.91 Å². The standard InChI is InChI=1S/C13H14N2O3S/c1-3-18-10-6-4-5-8(11(10)17-2)7-9-12(16)15-13(19)14-9/h4-7H,3H2,1-2H3,(H2,14,15,16,19)/b9-7-. The minimum atomic E-state index is -0.256. The molecule has 0 bridgehead atoms. The van der Waals surface area contributed by atoms with Crippen LogP contribution >= 0.6 is 12.2 Å². The Hall–Kier alpha value is -2.08. The number of methoxy groups -OCH3 is 1. The maximum absolute atomic E-state index is 11.6. The summed E-state index contributed by atoms with van der Waals surface area (Å²) in [7, 11) is 1.56. The fourth-order valence-corrected chi connectivity index (χ4v) is 1.97. The number of amides is 1. The molecule has 0 aliphatic carbocycles. The highest BCUT2D eigenvalue weighted by Gasteiger charge is 2.21.